The number of halogens is 2. The second-order valence-electron chi connectivity index (χ2n) is 3.66. The Bertz CT molecular complexity index is 465. The maximum Gasteiger partial charge on any atom is 0.325 e. The van der Waals surface area contributed by atoms with E-state index in [2.05, 4.69) is 10.1 Å². The van der Waals surface area contributed by atoms with Gasteiger partial charge in [-0.25, -0.2) is 4.39 Å². The predicted octanol–water partition coefficient (Wildman–Crippen LogP) is 1.64. The van der Waals surface area contributed by atoms with E-state index in [4.69, 9.17) is 11.6 Å². The molecular weight excluding hydrogens is 261 g/mol. The van der Waals surface area contributed by atoms with Gasteiger partial charge in [-0.2, -0.15) is 0 Å². The van der Waals surface area contributed by atoms with Crippen LogP contribution in [-0.4, -0.2) is 30.9 Å². The summed E-state index contributed by atoms with van der Waals surface area (Å²) in [7, 11) is 1.21. The first-order valence-corrected chi connectivity index (χ1v) is 5.65. The molecule has 1 aromatic carbocycles. The summed E-state index contributed by atoms with van der Waals surface area (Å²) in [6.45, 7) is 1.57. The minimum atomic E-state index is -0.945. The lowest BCUT2D eigenvalue weighted by Crippen LogP contribution is -2.34. The normalized spacial score (nSPS) is 11.8. The summed E-state index contributed by atoms with van der Waals surface area (Å²) in [4.78, 5) is 22.8. The molecule has 18 heavy (non-hydrogen) atoms. The Labute approximate surface area is 109 Å². The van der Waals surface area contributed by atoms with Gasteiger partial charge in [0.05, 0.1) is 7.11 Å². The van der Waals surface area contributed by atoms with Crippen LogP contribution in [0.5, 0.6) is 0 Å². The highest BCUT2D eigenvalue weighted by Crippen LogP contribution is 2.10. The molecular formula is C12H13ClFNO3. The first kappa shape index (κ1) is 14.4. The van der Waals surface area contributed by atoms with Gasteiger partial charge in [-0.1, -0.05) is 0 Å². The molecule has 0 saturated carbocycles. The van der Waals surface area contributed by atoms with E-state index in [9.17, 15) is 14.0 Å². The van der Waals surface area contributed by atoms with E-state index in [1.807, 2.05) is 0 Å². The molecule has 0 aliphatic rings. The lowest BCUT2D eigenvalue weighted by molar-refractivity contribution is -0.140. The van der Waals surface area contributed by atoms with E-state index < -0.39 is 23.1 Å². The van der Waals surface area contributed by atoms with Crippen LogP contribution >= 0.6 is 11.6 Å². The summed E-state index contributed by atoms with van der Waals surface area (Å²) in [5, 5.41) is 1.54. The fourth-order valence-corrected chi connectivity index (χ4v) is 1.54. The fourth-order valence-electron chi connectivity index (χ4n) is 1.37. The maximum absolute atomic E-state index is 12.9. The molecule has 0 saturated heterocycles. The number of esters is 1. The van der Waals surface area contributed by atoms with Crippen molar-refractivity contribution in [2.24, 2.45) is 0 Å². The van der Waals surface area contributed by atoms with Crippen molar-refractivity contribution < 1.29 is 18.7 Å². The van der Waals surface area contributed by atoms with Crippen LogP contribution in [0.4, 0.5) is 4.39 Å². The lowest BCUT2D eigenvalue weighted by atomic mass is 10.1. The topological polar surface area (TPSA) is 55.4 Å². The van der Waals surface area contributed by atoms with Crippen molar-refractivity contribution in [3.63, 3.8) is 0 Å². The van der Waals surface area contributed by atoms with Crippen LogP contribution in [0.2, 0.25) is 0 Å². The molecule has 1 amide bonds. The van der Waals surface area contributed by atoms with Gasteiger partial charge in [-0.15, -0.1) is 11.6 Å². The van der Waals surface area contributed by atoms with Crippen molar-refractivity contribution in [3.05, 3.63) is 35.1 Å². The summed E-state index contributed by atoms with van der Waals surface area (Å²) >= 11 is 5.68. The molecule has 0 aliphatic carbocycles. The van der Waals surface area contributed by atoms with Crippen LogP contribution < -0.4 is 5.32 Å². The van der Waals surface area contributed by atoms with Gasteiger partial charge in [0.15, 0.2) is 0 Å². The Balaban J connectivity index is 2.63. The summed E-state index contributed by atoms with van der Waals surface area (Å²) in [6, 6.07) is 3.83. The van der Waals surface area contributed by atoms with Gasteiger partial charge < -0.3 is 10.1 Å². The number of carbonyl (C=O) groups is 2. The molecule has 0 aromatic heterocycles. The molecule has 0 heterocycles. The summed E-state index contributed by atoms with van der Waals surface area (Å²) < 4.78 is 17.3. The van der Waals surface area contributed by atoms with Crippen LogP contribution in [0.1, 0.15) is 15.9 Å². The largest absolute Gasteiger partial charge is 0.468 e. The first-order chi connectivity index (χ1) is 8.45. The molecule has 1 unspecified atom stereocenters. The van der Waals surface area contributed by atoms with Crippen molar-refractivity contribution in [1.29, 1.82) is 0 Å². The average Bonchev–Trinajstić information content (AvgIpc) is 2.34. The number of alkyl halides is 1. The Morgan fingerprint density at radius 2 is 2.17 bits per heavy atom. The fraction of sp³-hybridized carbons (Fsp3) is 0.333. The third kappa shape index (κ3) is 3.70. The first-order valence-electron chi connectivity index (χ1n) is 5.22. The molecule has 1 aromatic rings. The van der Waals surface area contributed by atoms with Crippen LogP contribution in [0.25, 0.3) is 0 Å². The van der Waals surface area contributed by atoms with Gasteiger partial charge in [0.1, 0.15) is 11.2 Å². The van der Waals surface area contributed by atoms with Gasteiger partial charge >= 0.3 is 5.97 Å². The molecule has 1 rings (SSSR count). The Morgan fingerprint density at radius 3 is 2.72 bits per heavy atom. The number of nitrogens with one attached hydrogen (secondary N) is 1. The molecule has 0 radical (unpaired) electrons. The Morgan fingerprint density at radius 1 is 1.50 bits per heavy atom. The van der Waals surface area contributed by atoms with Gasteiger partial charge in [0.2, 0.25) is 0 Å². The number of benzene rings is 1. The van der Waals surface area contributed by atoms with Crippen molar-refractivity contribution in [3.8, 4) is 0 Å². The standard InChI is InChI=1S/C12H13ClFNO3/c1-7-5-8(14)3-4-9(7)11(16)15-6-10(13)12(17)18-2/h3-5,10H,6H2,1-2H3,(H,15,16). The Kier molecular flexibility index (Phi) is 5.09. The van der Waals surface area contributed by atoms with E-state index in [0.29, 0.717) is 11.1 Å². The van der Waals surface area contributed by atoms with Crippen LogP contribution in [0.3, 0.4) is 0 Å². The predicted molar refractivity (Wildman–Crippen MR) is 65.1 cm³/mol. The van der Waals surface area contributed by atoms with Crippen LogP contribution in [0.15, 0.2) is 18.2 Å². The van der Waals surface area contributed by atoms with Crippen molar-refractivity contribution in [2.45, 2.75) is 12.3 Å². The monoisotopic (exact) mass is 273 g/mol. The summed E-state index contributed by atoms with van der Waals surface area (Å²) in [6.07, 6.45) is 0. The van der Waals surface area contributed by atoms with Gasteiger partial charge in [-0.3, -0.25) is 9.59 Å². The molecule has 4 nitrogen and oxygen atoms in total. The second-order valence-corrected chi connectivity index (χ2v) is 4.19. The Hall–Kier alpha value is -1.62. The van der Waals surface area contributed by atoms with E-state index in [0.717, 1.165) is 0 Å². The van der Waals surface area contributed by atoms with E-state index in [1.54, 1.807) is 6.92 Å². The van der Waals surface area contributed by atoms with E-state index in [-0.39, 0.29) is 6.54 Å². The van der Waals surface area contributed by atoms with Crippen LogP contribution in [-0.2, 0) is 9.53 Å². The third-order valence-electron chi connectivity index (χ3n) is 2.33. The quantitative estimate of drug-likeness (QED) is 0.670. The van der Waals surface area contributed by atoms with Gasteiger partial charge in [-0.05, 0) is 30.7 Å². The SMILES string of the molecule is COC(=O)C(Cl)CNC(=O)c1ccc(F)cc1C. The number of hydrogen-bond acceptors (Lipinski definition) is 3. The second kappa shape index (κ2) is 6.35. The molecule has 1 atom stereocenters. The minimum Gasteiger partial charge on any atom is -0.468 e. The number of hydrogen-bond donors (Lipinski definition) is 1. The molecule has 6 heteroatoms. The van der Waals surface area contributed by atoms with Crippen molar-refractivity contribution in [2.75, 3.05) is 13.7 Å². The summed E-state index contributed by atoms with van der Waals surface area (Å²) in [5.41, 5.74) is 0.849. The molecule has 98 valence electrons. The number of methoxy groups -OCH3 is 1. The zero-order chi connectivity index (χ0) is 13.7. The van der Waals surface area contributed by atoms with E-state index in [1.165, 1.54) is 25.3 Å². The van der Waals surface area contributed by atoms with Crippen molar-refractivity contribution >= 4 is 23.5 Å². The highest BCUT2D eigenvalue weighted by atomic mass is 35.5. The number of carbonyl (C=O) groups excluding carboxylic acids is 2. The molecule has 0 fully saturated rings. The number of amides is 1. The molecule has 0 bridgehead atoms. The number of ether oxygens (including phenoxy) is 1. The molecule has 0 spiro atoms. The summed E-state index contributed by atoms with van der Waals surface area (Å²) in [5.74, 6) is -1.44. The lowest BCUT2D eigenvalue weighted by Gasteiger charge is -2.10. The molecule has 0 aliphatic heterocycles. The van der Waals surface area contributed by atoms with Gasteiger partial charge in [0, 0.05) is 12.1 Å². The third-order valence-corrected chi connectivity index (χ3v) is 2.66. The smallest absolute Gasteiger partial charge is 0.325 e. The molecule has 1 N–H and O–H groups in total. The minimum absolute atomic E-state index is 0.0517. The van der Waals surface area contributed by atoms with Crippen molar-refractivity contribution in [1.82, 2.24) is 5.32 Å². The average molecular weight is 274 g/mol. The van der Waals surface area contributed by atoms with Gasteiger partial charge in [0.25, 0.3) is 5.91 Å². The zero-order valence-corrected chi connectivity index (χ0v) is 10.8. The number of rotatable bonds is 4. The maximum atomic E-state index is 12.9. The highest BCUT2D eigenvalue weighted by molar-refractivity contribution is 6.30. The number of aryl methyl sites for hydroxylation is 1. The van der Waals surface area contributed by atoms with Crippen LogP contribution in [0, 0.1) is 12.7 Å². The zero-order valence-electron chi connectivity index (χ0n) is 10.00. The highest BCUT2D eigenvalue weighted by Gasteiger charge is 2.17. The van der Waals surface area contributed by atoms with E-state index >= 15 is 0 Å².